The van der Waals surface area contributed by atoms with Gasteiger partial charge in [0, 0.05) is 31.5 Å². The summed E-state index contributed by atoms with van der Waals surface area (Å²) in [5, 5.41) is 0. The number of carbonyl (C=O) groups is 1. The molecule has 0 radical (unpaired) electrons. The fourth-order valence-corrected chi connectivity index (χ4v) is 2.20. The zero-order valence-corrected chi connectivity index (χ0v) is 10.0. The summed E-state index contributed by atoms with van der Waals surface area (Å²) in [6, 6.07) is 0.132. The largest absolute Gasteiger partial charge is 0.337 e. The summed E-state index contributed by atoms with van der Waals surface area (Å²) < 4.78 is 0. The predicted octanol–water partition coefficient (Wildman–Crippen LogP) is 0.676. The molecule has 0 spiro atoms. The van der Waals surface area contributed by atoms with Crippen molar-refractivity contribution in [2.24, 2.45) is 11.7 Å². The zero-order valence-electron chi connectivity index (χ0n) is 10.0. The first-order valence-corrected chi connectivity index (χ1v) is 5.99. The number of hydrogen-bond acceptors (Lipinski definition) is 4. The van der Waals surface area contributed by atoms with Crippen LogP contribution in [0.1, 0.15) is 30.3 Å². The number of rotatable bonds is 2. The van der Waals surface area contributed by atoms with Crippen LogP contribution in [-0.4, -0.2) is 39.9 Å². The van der Waals surface area contributed by atoms with Gasteiger partial charge in [0.1, 0.15) is 5.69 Å². The molecule has 1 saturated heterocycles. The second-order valence-corrected chi connectivity index (χ2v) is 4.60. The monoisotopic (exact) mass is 234 g/mol. The standard InChI is InChI=1S/C12H18N4O/c1-9(13)10-3-2-6-16(8-10)12(17)11-7-14-4-5-15-11/h4-5,7,9-10H,2-3,6,8,13H2,1H3. The second kappa shape index (κ2) is 5.23. The molecule has 1 amide bonds. The number of piperidine rings is 1. The molecular formula is C12H18N4O. The van der Waals surface area contributed by atoms with Crippen LogP contribution in [0.5, 0.6) is 0 Å². The molecule has 1 aromatic heterocycles. The Morgan fingerprint density at radius 3 is 3.06 bits per heavy atom. The summed E-state index contributed by atoms with van der Waals surface area (Å²) in [5.41, 5.74) is 6.32. The highest BCUT2D eigenvalue weighted by Gasteiger charge is 2.26. The summed E-state index contributed by atoms with van der Waals surface area (Å²) >= 11 is 0. The minimum absolute atomic E-state index is 0.0385. The molecule has 1 aromatic rings. The van der Waals surface area contributed by atoms with E-state index in [1.165, 1.54) is 6.20 Å². The molecule has 92 valence electrons. The number of aromatic nitrogens is 2. The van der Waals surface area contributed by atoms with Gasteiger partial charge in [0.15, 0.2) is 0 Å². The van der Waals surface area contributed by atoms with Gasteiger partial charge in [0.05, 0.1) is 6.20 Å². The summed E-state index contributed by atoms with van der Waals surface area (Å²) in [7, 11) is 0. The molecule has 0 saturated carbocycles. The maximum Gasteiger partial charge on any atom is 0.274 e. The topological polar surface area (TPSA) is 72.1 Å². The van der Waals surface area contributed by atoms with E-state index in [4.69, 9.17) is 5.73 Å². The van der Waals surface area contributed by atoms with Gasteiger partial charge in [-0.15, -0.1) is 0 Å². The SMILES string of the molecule is CC(N)C1CCCN(C(=O)c2cnccn2)C1. The van der Waals surface area contributed by atoms with Crippen LogP contribution < -0.4 is 5.73 Å². The highest BCUT2D eigenvalue weighted by atomic mass is 16.2. The average molecular weight is 234 g/mol. The van der Waals surface area contributed by atoms with Crippen LogP contribution in [-0.2, 0) is 0 Å². The van der Waals surface area contributed by atoms with Gasteiger partial charge < -0.3 is 10.6 Å². The van der Waals surface area contributed by atoms with E-state index >= 15 is 0 Å². The van der Waals surface area contributed by atoms with Crippen molar-refractivity contribution in [2.75, 3.05) is 13.1 Å². The van der Waals surface area contributed by atoms with Crippen molar-refractivity contribution in [1.29, 1.82) is 0 Å². The van der Waals surface area contributed by atoms with E-state index in [-0.39, 0.29) is 11.9 Å². The number of hydrogen-bond donors (Lipinski definition) is 1. The Labute approximate surface area is 101 Å². The zero-order chi connectivity index (χ0) is 12.3. The quantitative estimate of drug-likeness (QED) is 0.816. The van der Waals surface area contributed by atoms with E-state index < -0.39 is 0 Å². The minimum Gasteiger partial charge on any atom is -0.337 e. The lowest BCUT2D eigenvalue weighted by Crippen LogP contribution is -2.45. The van der Waals surface area contributed by atoms with Crippen molar-refractivity contribution in [3.63, 3.8) is 0 Å². The lowest BCUT2D eigenvalue weighted by atomic mass is 9.92. The molecule has 0 aliphatic carbocycles. The van der Waals surface area contributed by atoms with Crippen molar-refractivity contribution < 1.29 is 4.79 Å². The third-order valence-electron chi connectivity index (χ3n) is 3.27. The fraction of sp³-hybridized carbons (Fsp3) is 0.583. The first-order chi connectivity index (χ1) is 8.18. The first kappa shape index (κ1) is 12.0. The van der Waals surface area contributed by atoms with Crippen LogP contribution in [0.25, 0.3) is 0 Å². The van der Waals surface area contributed by atoms with Gasteiger partial charge in [0.2, 0.25) is 0 Å². The summed E-state index contributed by atoms with van der Waals surface area (Å²) in [6.45, 7) is 3.52. The van der Waals surface area contributed by atoms with Gasteiger partial charge in [-0.3, -0.25) is 9.78 Å². The van der Waals surface area contributed by atoms with Crippen LogP contribution >= 0.6 is 0 Å². The lowest BCUT2D eigenvalue weighted by Gasteiger charge is -2.34. The first-order valence-electron chi connectivity index (χ1n) is 5.99. The molecule has 5 heteroatoms. The van der Waals surface area contributed by atoms with Gasteiger partial charge in [-0.2, -0.15) is 0 Å². The Balaban J connectivity index is 2.05. The Bertz CT molecular complexity index is 379. The van der Waals surface area contributed by atoms with Crippen molar-refractivity contribution in [3.8, 4) is 0 Å². The van der Waals surface area contributed by atoms with Crippen molar-refractivity contribution in [3.05, 3.63) is 24.3 Å². The predicted molar refractivity (Wildman–Crippen MR) is 64.3 cm³/mol. The second-order valence-electron chi connectivity index (χ2n) is 4.60. The molecule has 0 bridgehead atoms. The maximum absolute atomic E-state index is 12.2. The molecule has 2 unspecified atom stereocenters. The van der Waals surface area contributed by atoms with Crippen molar-refractivity contribution >= 4 is 5.91 Å². The van der Waals surface area contributed by atoms with E-state index in [2.05, 4.69) is 9.97 Å². The molecule has 2 rings (SSSR count). The van der Waals surface area contributed by atoms with Crippen LogP contribution in [0.2, 0.25) is 0 Å². The summed E-state index contributed by atoms with van der Waals surface area (Å²) in [4.78, 5) is 21.9. The van der Waals surface area contributed by atoms with Crippen molar-refractivity contribution in [2.45, 2.75) is 25.8 Å². The fourth-order valence-electron chi connectivity index (χ4n) is 2.20. The molecule has 2 N–H and O–H groups in total. The Morgan fingerprint density at radius 1 is 1.59 bits per heavy atom. The number of amides is 1. The van der Waals surface area contributed by atoms with Crippen LogP contribution in [0, 0.1) is 5.92 Å². The molecule has 17 heavy (non-hydrogen) atoms. The molecule has 1 fully saturated rings. The van der Waals surface area contributed by atoms with Gasteiger partial charge in [-0.1, -0.05) is 0 Å². The third-order valence-corrected chi connectivity index (χ3v) is 3.27. The number of nitrogens with two attached hydrogens (primary N) is 1. The Morgan fingerprint density at radius 2 is 2.41 bits per heavy atom. The van der Waals surface area contributed by atoms with E-state index in [0.717, 1.165) is 25.9 Å². The lowest BCUT2D eigenvalue weighted by molar-refractivity contribution is 0.0654. The molecule has 2 atom stereocenters. The molecule has 1 aliphatic rings. The maximum atomic E-state index is 12.2. The number of carbonyl (C=O) groups excluding carboxylic acids is 1. The average Bonchev–Trinajstić information content (AvgIpc) is 2.39. The highest BCUT2D eigenvalue weighted by Crippen LogP contribution is 2.19. The minimum atomic E-state index is -0.0385. The number of likely N-dealkylation sites (tertiary alicyclic amines) is 1. The summed E-state index contributed by atoms with van der Waals surface area (Å²) in [5.74, 6) is 0.354. The molecule has 0 aromatic carbocycles. The normalized spacial score (nSPS) is 22.2. The van der Waals surface area contributed by atoms with Crippen LogP contribution in [0.15, 0.2) is 18.6 Å². The van der Waals surface area contributed by atoms with Gasteiger partial charge in [-0.25, -0.2) is 4.98 Å². The smallest absolute Gasteiger partial charge is 0.274 e. The molecule has 1 aliphatic heterocycles. The van der Waals surface area contributed by atoms with Crippen LogP contribution in [0.4, 0.5) is 0 Å². The molecular weight excluding hydrogens is 216 g/mol. The Hall–Kier alpha value is -1.49. The van der Waals surface area contributed by atoms with E-state index in [0.29, 0.717) is 11.6 Å². The van der Waals surface area contributed by atoms with E-state index in [1.54, 1.807) is 12.4 Å². The van der Waals surface area contributed by atoms with Gasteiger partial charge >= 0.3 is 0 Å². The van der Waals surface area contributed by atoms with E-state index in [9.17, 15) is 4.79 Å². The van der Waals surface area contributed by atoms with Gasteiger partial charge in [-0.05, 0) is 25.7 Å². The summed E-state index contributed by atoms with van der Waals surface area (Å²) in [6.07, 6.45) is 6.73. The third kappa shape index (κ3) is 2.79. The van der Waals surface area contributed by atoms with E-state index in [1.807, 2.05) is 11.8 Å². The van der Waals surface area contributed by atoms with Gasteiger partial charge in [0.25, 0.3) is 5.91 Å². The molecule has 2 heterocycles. The van der Waals surface area contributed by atoms with Crippen LogP contribution in [0.3, 0.4) is 0 Å². The van der Waals surface area contributed by atoms with Crippen molar-refractivity contribution in [1.82, 2.24) is 14.9 Å². The Kier molecular flexibility index (Phi) is 3.68. The molecule has 5 nitrogen and oxygen atoms in total. The highest BCUT2D eigenvalue weighted by molar-refractivity contribution is 5.92. The number of nitrogens with zero attached hydrogens (tertiary/aromatic N) is 3.